The van der Waals surface area contributed by atoms with E-state index in [0.29, 0.717) is 6.54 Å². The van der Waals surface area contributed by atoms with Gasteiger partial charge in [0, 0.05) is 6.54 Å². The lowest BCUT2D eigenvalue weighted by atomic mass is 9.85. The molecular formula is C21H31NO3Si. The third kappa shape index (κ3) is 3.23. The molecule has 0 aliphatic carbocycles. The van der Waals surface area contributed by atoms with Gasteiger partial charge in [0.1, 0.15) is 6.04 Å². The highest BCUT2D eigenvalue weighted by atomic mass is 28.4. The Bertz CT molecular complexity index is 721. The van der Waals surface area contributed by atoms with Crippen molar-refractivity contribution in [2.45, 2.75) is 77.5 Å². The maximum absolute atomic E-state index is 12.7. The van der Waals surface area contributed by atoms with Gasteiger partial charge in [0.2, 0.25) is 0 Å². The zero-order chi connectivity index (χ0) is 19.3. The molecule has 2 aliphatic heterocycles. The topological polar surface area (TPSA) is 38.8 Å². The van der Waals surface area contributed by atoms with Gasteiger partial charge in [-0.25, -0.2) is 0 Å². The van der Waals surface area contributed by atoms with Crippen LogP contribution in [0.5, 0.6) is 0 Å². The molecule has 26 heavy (non-hydrogen) atoms. The summed E-state index contributed by atoms with van der Waals surface area (Å²) in [6.07, 6.45) is -0.492. The summed E-state index contributed by atoms with van der Waals surface area (Å²) in [5.74, 6) is 0.900. The van der Waals surface area contributed by atoms with Crippen LogP contribution in [0.1, 0.15) is 40.2 Å². The van der Waals surface area contributed by atoms with E-state index in [0.717, 1.165) is 16.9 Å². The standard InChI is InChI=1S/C21H31NO3Si/c1-14-15(2)24-19-17(18(14)25-26(6,7)21(3,4)5)22(20(19)23)13-16-11-9-8-10-12-16/h8-12,17-19H,13H2,1-7H3/t17-,18+,19+/m0/s1. The quantitative estimate of drug-likeness (QED) is 0.577. The molecule has 4 nitrogen and oxygen atoms in total. The Kier molecular flexibility index (Phi) is 4.82. The first-order valence-electron chi connectivity index (χ1n) is 9.39. The highest BCUT2D eigenvalue weighted by molar-refractivity contribution is 6.74. The van der Waals surface area contributed by atoms with Crippen LogP contribution in [-0.4, -0.2) is 37.4 Å². The molecule has 0 N–H and O–H groups in total. The number of nitrogens with zero attached hydrogens (tertiary/aromatic N) is 1. The number of hydrogen-bond donors (Lipinski definition) is 0. The number of ether oxygens (including phenoxy) is 1. The molecule has 3 atom stereocenters. The zero-order valence-electron chi connectivity index (χ0n) is 17.0. The minimum Gasteiger partial charge on any atom is -0.483 e. The van der Waals surface area contributed by atoms with Gasteiger partial charge in [0.05, 0.1) is 11.9 Å². The van der Waals surface area contributed by atoms with Crippen molar-refractivity contribution in [2.75, 3.05) is 0 Å². The molecule has 2 heterocycles. The number of carbonyl (C=O) groups excluding carboxylic acids is 1. The number of β-lactam (4-membered cyclic amide) rings is 1. The van der Waals surface area contributed by atoms with Crippen molar-refractivity contribution in [1.82, 2.24) is 4.90 Å². The van der Waals surface area contributed by atoms with E-state index in [9.17, 15) is 4.79 Å². The summed E-state index contributed by atoms with van der Waals surface area (Å²) in [5, 5.41) is 0.118. The van der Waals surface area contributed by atoms with Crippen molar-refractivity contribution in [1.29, 1.82) is 0 Å². The molecule has 0 bridgehead atoms. The van der Waals surface area contributed by atoms with Crippen LogP contribution < -0.4 is 0 Å². The van der Waals surface area contributed by atoms with Crippen molar-refractivity contribution in [3.8, 4) is 0 Å². The van der Waals surface area contributed by atoms with Crippen LogP contribution in [0.2, 0.25) is 18.1 Å². The number of allylic oxidation sites excluding steroid dienone is 1. The third-order valence-corrected chi connectivity index (χ3v) is 10.7. The number of hydrogen-bond acceptors (Lipinski definition) is 3. The predicted molar refractivity (Wildman–Crippen MR) is 106 cm³/mol. The van der Waals surface area contributed by atoms with Gasteiger partial charge < -0.3 is 14.1 Å². The van der Waals surface area contributed by atoms with Gasteiger partial charge in [0.15, 0.2) is 14.4 Å². The molecule has 0 unspecified atom stereocenters. The van der Waals surface area contributed by atoms with Gasteiger partial charge in [-0.3, -0.25) is 4.79 Å². The van der Waals surface area contributed by atoms with Gasteiger partial charge in [-0.05, 0) is 43.1 Å². The van der Waals surface area contributed by atoms with E-state index in [1.54, 1.807) is 0 Å². The second-order valence-corrected chi connectivity index (χ2v) is 13.8. The molecule has 5 heteroatoms. The van der Waals surface area contributed by atoms with Crippen molar-refractivity contribution >= 4 is 14.2 Å². The van der Waals surface area contributed by atoms with Gasteiger partial charge in [-0.1, -0.05) is 51.1 Å². The number of amides is 1. The molecule has 0 aromatic heterocycles. The zero-order valence-corrected chi connectivity index (χ0v) is 18.0. The lowest BCUT2D eigenvalue weighted by Crippen LogP contribution is -2.72. The second kappa shape index (κ2) is 6.53. The Balaban J connectivity index is 1.88. The fraction of sp³-hybridized carbons (Fsp3) is 0.571. The highest BCUT2D eigenvalue weighted by Gasteiger charge is 2.57. The SMILES string of the molecule is CC1=C(C)[C@@H](O[Si](C)(C)C(C)(C)C)[C@H]2[C@@H](O1)C(=O)N2Cc1ccccc1. The first-order valence-corrected chi connectivity index (χ1v) is 12.3. The van der Waals surface area contributed by atoms with Crippen LogP contribution in [0.3, 0.4) is 0 Å². The van der Waals surface area contributed by atoms with Crippen molar-refractivity contribution in [3.05, 3.63) is 47.2 Å². The maximum Gasteiger partial charge on any atom is 0.266 e. The summed E-state index contributed by atoms with van der Waals surface area (Å²) in [6, 6.07) is 10.1. The minimum absolute atomic E-state index is 0.0412. The summed E-state index contributed by atoms with van der Waals surface area (Å²) >= 11 is 0. The largest absolute Gasteiger partial charge is 0.483 e. The van der Waals surface area contributed by atoms with Crippen LogP contribution in [-0.2, 0) is 20.5 Å². The number of fused-ring (bicyclic) bond motifs is 1. The Morgan fingerprint density at radius 3 is 2.35 bits per heavy atom. The molecule has 0 saturated carbocycles. The Morgan fingerprint density at radius 2 is 1.77 bits per heavy atom. The molecule has 1 aromatic rings. The van der Waals surface area contributed by atoms with E-state index in [-0.39, 0.29) is 23.1 Å². The average molecular weight is 374 g/mol. The molecule has 0 radical (unpaired) electrons. The van der Waals surface area contributed by atoms with E-state index in [4.69, 9.17) is 9.16 Å². The van der Waals surface area contributed by atoms with Crippen LogP contribution in [0.4, 0.5) is 0 Å². The number of likely N-dealkylation sites (tertiary alicyclic amines) is 1. The third-order valence-electron chi connectivity index (χ3n) is 6.22. The van der Waals surface area contributed by atoms with E-state index in [2.05, 4.69) is 52.9 Å². The normalized spacial score (nSPS) is 26.3. The van der Waals surface area contributed by atoms with Gasteiger partial charge in [-0.2, -0.15) is 0 Å². The van der Waals surface area contributed by atoms with E-state index in [1.807, 2.05) is 30.0 Å². The average Bonchev–Trinajstić information content (AvgIpc) is 2.57. The summed E-state index contributed by atoms with van der Waals surface area (Å²) in [6.45, 7) is 15.9. The molecule has 2 aliphatic rings. The van der Waals surface area contributed by atoms with Gasteiger partial charge >= 0.3 is 0 Å². The summed E-state index contributed by atoms with van der Waals surface area (Å²) in [7, 11) is -1.97. The molecular weight excluding hydrogens is 342 g/mol. The lowest BCUT2D eigenvalue weighted by molar-refractivity contribution is -0.182. The Morgan fingerprint density at radius 1 is 1.15 bits per heavy atom. The number of carbonyl (C=O) groups is 1. The fourth-order valence-electron chi connectivity index (χ4n) is 3.34. The maximum atomic E-state index is 12.7. The second-order valence-electron chi connectivity index (χ2n) is 9.02. The van der Waals surface area contributed by atoms with Crippen LogP contribution >= 0.6 is 0 Å². The number of rotatable bonds is 4. The summed E-state index contributed by atoms with van der Waals surface area (Å²) in [5.41, 5.74) is 2.25. The molecule has 1 saturated heterocycles. The molecule has 1 amide bonds. The van der Waals surface area contributed by atoms with E-state index >= 15 is 0 Å². The van der Waals surface area contributed by atoms with Crippen LogP contribution in [0.15, 0.2) is 41.7 Å². The molecule has 1 fully saturated rings. The lowest BCUT2D eigenvalue weighted by Gasteiger charge is -2.54. The fourth-order valence-corrected chi connectivity index (χ4v) is 4.64. The van der Waals surface area contributed by atoms with Crippen molar-refractivity contribution in [2.24, 2.45) is 0 Å². The van der Waals surface area contributed by atoms with Crippen LogP contribution in [0.25, 0.3) is 0 Å². The first kappa shape index (κ1) is 19.2. The number of benzene rings is 1. The summed E-state index contributed by atoms with van der Waals surface area (Å²) in [4.78, 5) is 14.6. The molecule has 3 rings (SSSR count). The monoisotopic (exact) mass is 373 g/mol. The van der Waals surface area contributed by atoms with E-state index < -0.39 is 14.4 Å². The minimum atomic E-state index is -1.97. The van der Waals surface area contributed by atoms with Crippen molar-refractivity contribution in [3.63, 3.8) is 0 Å². The Hall–Kier alpha value is -1.59. The predicted octanol–water partition coefficient (Wildman–Crippen LogP) is 4.48. The van der Waals surface area contributed by atoms with E-state index in [1.165, 1.54) is 0 Å². The van der Waals surface area contributed by atoms with Gasteiger partial charge in [-0.15, -0.1) is 0 Å². The molecule has 1 aromatic carbocycles. The van der Waals surface area contributed by atoms with Crippen LogP contribution in [0, 0.1) is 0 Å². The highest BCUT2D eigenvalue weighted by Crippen LogP contribution is 2.43. The smallest absolute Gasteiger partial charge is 0.266 e. The molecule has 142 valence electrons. The molecule has 0 spiro atoms. The summed E-state index contributed by atoms with van der Waals surface area (Å²) < 4.78 is 12.7. The van der Waals surface area contributed by atoms with Crippen molar-refractivity contribution < 1.29 is 14.0 Å². The Labute approximate surface area is 158 Å². The first-order chi connectivity index (χ1) is 12.0. The van der Waals surface area contributed by atoms with Gasteiger partial charge in [0.25, 0.3) is 5.91 Å².